The molecule has 0 saturated heterocycles. The molecule has 0 atom stereocenters. The summed E-state index contributed by atoms with van der Waals surface area (Å²) < 4.78 is 0. The minimum atomic E-state index is -0.513. The average Bonchev–Trinajstić information content (AvgIpc) is 3.60. The summed E-state index contributed by atoms with van der Waals surface area (Å²) >= 11 is 0. The van der Waals surface area contributed by atoms with E-state index in [1.165, 1.54) is 44.2 Å². The van der Waals surface area contributed by atoms with E-state index in [1.54, 1.807) is 0 Å². The highest BCUT2D eigenvalue weighted by molar-refractivity contribution is 5.95. The third-order valence-corrected chi connectivity index (χ3v) is 11.9. The van der Waals surface area contributed by atoms with E-state index < -0.39 is 5.41 Å². The first kappa shape index (κ1) is 33.8. The van der Waals surface area contributed by atoms with Crippen LogP contribution in [0.25, 0.3) is 55.2 Å². The Morgan fingerprint density at radius 2 is 0.897 bits per heavy atom. The van der Waals surface area contributed by atoms with Crippen LogP contribution in [0.15, 0.2) is 231 Å². The van der Waals surface area contributed by atoms with Crippen LogP contribution in [-0.4, -0.2) is 4.98 Å². The quantitative estimate of drug-likeness (QED) is 0.162. The van der Waals surface area contributed by atoms with Gasteiger partial charge in [-0.25, -0.2) is 4.98 Å². The standard InChI is InChI=1S/C56H38N2/c1-4-18-40(19-5-1)51-37-42-21-12-15-30-54(42)57-55(51)43-22-16-27-46(36-43)58(47-32-31-39-17-10-11-20-41(39)35-47)48-33-34-50-49-28-13-14-29-52(49)56(53(50)38-48,44-23-6-2-7-24-44)45-25-8-3-9-26-45/h1-38H. The lowest BCUT2D eigenvalue weighted by Gasteiger charge is -2.35. The van der Waals surface area contributed by atoms with Gasteiger partial charge in [0.05, 0.1) is 16.6 Å². The molecule has 11 rings (SSSR count). The molecule has 1 aliphatic rings. The molecule has 1 aliphatic carbocycles. The zero-order chi connectivity index (χ0) is 38.5. The number of anilines is 3. The van der Waals surface area contributed by atoms with E-state index in [0.29, 0.717) is 0 Å². The Balaban J connectivity index is 1.16. The average molecular weight is 739 g/mol. The van der Waals surface area contributed by atoms with Crippen molar-refractivity contribution in [1.82, 2.24) is 4.98 Å². The second kappa shape index (κ2) is 13.9. The normalized spacial score (nSPS) is 12.6. The molecular weight excluding hydrogens is 701 g/mol. The van der Waals surface area contributed by atoms with Gasteiger partial charge in [-0.05, 0) is 98.2 Å². The number of fused-ring (bicyclic) bond motifs is 5. The highest BCUT2D eigenvalue weighted by Gasteiger charge is 2.46. The molecule has 2 nitrogen and oxygen atoms in total. The highest BCUT2D eigenvalue weighted by atomic mass is 15.1. The summed E-state index contributed by atoms with van der Waals surface area (Å²) in [5.74, 6) is 0. The summed E-state index contributed by atoms with van der Waals surface area (Å²) in [5, 5.41) is 3.53. The summed E-state index contributed by atoms with van der Waals surface area (Å²) in [4.78, 5) is 7.77. The van der Waals surface area contributed by atoms with Gasteiger partial charge >= 0.3 is 0 Å². The van der Waals surface area contributed by atoms with E-state index >= 15 is 0 Å². The molecule has 0 aliphatic heterocycles. The molecule has 1 heterocycles. The number of hydrogen-bond acceptors (Lipinski definition) is 2. The van der Waals surface area contributed by atoms with E-state index in [2.05, 4.69) is 235 Å². The van der Waals surface area contributed by atoms with Crippen molar-refractivity contribution in [1.29, 1.82) is 0 Å². The summed E-state index contributed by atoms with van der Waals surface area (Å²) in [5.41, 5.74) is 15.6. The van der Waals surface area contributed by atoms with Crippen LogP contribution in [0, 0.1) is 0 Å². The third kappa shape index (κ3) is 5.45. The van der Waals surface area contributed by atoms with Gasteiger partial charge in [-0.1, -0.05) is 182 Å². The summed E-state index contributed by atoms with van der Waals surface area (Å²) in [7, 11) is 0. The molecule has 0 bridgehead atoms. The molecular formula is C56H38N2. The largest absolute Gasteiger partial charge is 0.310 e. The molecule has 0 amide bonds. The molecule has 2 heteroatoms. The first-order valence-electron chi connectivity index (χ1n) is 20.0. The van der Waals surface area contributed by atoms with Gasteiger partial charge in [-0.2, -0.15) is 0 Å². The van der Waals surface area contributed by atoms with Crippen LogP contribution < -0.4 is 4.90 Å². The maximum atomic E-state index is 5.35. The molecule has 0 fully saturated rings. The molecule has 0 spiro atoms. The molecule has 0 saturated carbocycles. The van der Waals surface area contributed by atoms with Gasteiger partial charge in [0, 0.05) is 33.6 Å². The minimum Gasteiger partial charge on any atom is -0.310 e. The van der Waals surface area contributed by atoms with Gasteiger partial charge in [-0.15, -0.1) is 0 Å². The van der Waals surface area contributed by atoms with Crippen molar-refractivity contribution < 1.29 is 0 Å². The van der Waals surface area contributed by atoms with Crippen molar-refractivity contribution in [2.24, 2.45) is 0 Å². The number of nitrogens with zero attached hydrogens (tertiary/aromatic N) is 2. The number of benzene rings is 9. The number of aromatic nitrogens is 1. The zero-order valence-corrected chi connectivity index (χ0v) is 31.8. The fraction of sp³-hybridized carbons (Fsp3) is 0.0179. The SMILES string of the molecule is c1ccc(-c2cc3ccccc3nc2-c2cccc(N(c3ccc4c(c3)C(c3ccccc3)(c3ccccc3)c3ccccc3-4)c3ccc4ccccc4c3)c2)cc1. The summed E-state index contributed by atoms with van der Waals surface area (Å²) in [6, 6.07) is 83.7. The van der Waals surface area contributed by atoms with Gasteiger partial charge in [-0.3, -0.25) is 0 Å². The lowest BCUT2D eigenvalue weighted by Crippen LogP contribution is -2.28. The van der Waals surface area contributed by atoms with E-state index in [9.17, 15) is 0 Å². The van der Waals surface area contributed by atoms with Crippen LogP contribution in [0.3, 0.4) is 0 Å². The Kier molecular flexibility index (Phi) is 8.08. The van der Waals surface area contributed by atoms with Crippen LogP contribution in [0.1, 0.15) is 22.3 Å². The van der Waals surface area contributed by atoms with Gasteiger partial charge in [0.25, 0.3) is 0 Å². The number of pyridine rings is 1. The zero-order valence-electron chi connectivity index (χ0n) is 31.8. The molecule has 58 heavy (non-hydrogen) atoms. The molecule has 9 aromatic carbocycles. The molecule has 10 aromatic rings. The molecule has 272 valence electrons. The second-order valence-corrected chi connectivity index (χ2v) is 15.1. The van der Waals surface area contributed by atoms with Gasteiger partial charge in [0.15, 0.2) is 0 Å². The van der Waals surface area contributed by atoms with Crippen LogP contribution >= 0.6 is 0 Å². The molecule has 1 aromatic heterocycles. The van der Waals surface area contributed by atoms with E-state index in [0.717, 1.165) is 50.3 Å². The number of rotatable bonds is 7. The Labute approximate surface area is 339 Å². The van der Waals surface area contributed by atoms with E-state index in [4.69, 9.17) is 4.98 Å². The van der Waals surface area contributed by atoms with Crippen molar-refractivity contribution in [3.8, 4) is 33.5 Å². The van der Waals surface area contributed by atoms with Crippen molar-refractivity contribution in [2.75, 3.05) is 4.90 Å². The smallest absolute Gasteiger partial charge is 0.0788 e. The Hall–Kier alpha value is -7.55. The van der Waals surface area contributed by atoms with Crippen LogP contribution in [-0.2, 0) is 5.41 Å². The van der Waals surface area contributed by atoms with E-state index in [1.807, 2.05) is 0 Å². The molecule has 0 N–H and O–H groups in total. The van der Waals surface area contributed by atoms with Crippen LogP contribution in [0.4, 0.5) is 17.1 Å². The maximum absolute atomic E-state index is 5.35. The van der Waals surface area contributed by atoms with E-state index in [-0.39, 0.29) is 0 Å². The van der Waals surface area contributed by atoms with Crippen LogP contribution in [0.2, 0.25) is 0 Å². The fourth-order valence-corrected chi connectivity index (χ4v) is 9.30. The summed E-state index contributed by atoms with van der Waals surface area (Å²) in [6.07, 6.45) is 0. The maximum Gasteiger partial charge on any atom is 0.0788 e. The topological polar surface area (TPSA) is 16.1 Å². The predicted molar refractivity (Wildman–Crippen MR) is 242 cm³/mol. The predicted octanol–water partition coefficient (Wildman–Crippen LogP) is 14.6. The van der Waals surface area contributed by atoms with Gasteiger partial charge in [0.1, 0.15) is 0 Å². The Bertz CT molecular complexity index is 3080. The lowest BCUT2D eigenvalue weighted by atomic mass is 9.67. The fourth-order valence-electron chi connectivity index (χ4n) is 9.30. The van der Waals surface area contributed by atoms with Crippen molar-refractivity contribution in [3.63, 3.8) is 0 Å². The minimum absolute atomic E-state index is 0.513. The third-order valence-electron chi connectivity index (χ3n) is 11.9. The first-order chi connectivity index (χ1) is 28.8. The summed E-state index contributed by atoms with van der Waals surface area (Å²) in [6.45, 7) is 0. The lowest BCUT2D eigenvalue weighted by molar-refractivity contribution is 0.768. The Morgan fingerprint density at radius 1 is 0.328 bits per heavy atom. The van der Waals surface area contributed by atoms with Gasteiger partial charge in [0.2, 0.25) is 0 Å². The number of hydrogen-bond donors (Lipinski definition) is 0. The van der Waals surface area contributed by atoms with Crippen molar-refractivity contribution in [2.45, 2.75) is 5.41 Å². The monoisotopic (exact) mass is 738 g/mol. The molecule has 0 radical (unpaired) electrons. The van der Waals surface area contributed by atoms with Gasteiger partial charge < -0.3 is 4.90 Å². The Morgan fingerprint density at radius 3 is 1.67 bits per heavy atom. The highest BCUT2D eigenvalue weighted by Crippen LogP contribution is 2.57. The molecule has 0 unspecified atom stereocenters. The van der Waals surface area contributed by atoms with Crippen molar-refractivity contribution in [3.05, 3.63) is 253 Å². The first-order valence-corrected chi connectivity index (χ1v) is 20.0. The number of para-hydroxylation sites is 1. The van der Waals surface area contributed by atoms with Crippen molar-refractivity contribution >= 4 is 38.7 Å². The second-order valence-electron chi connectivity index (χ2n) is 15.1. The van der Waals surface area contributed by atoms with Crippen LogP contribution in [0.5, 0.6) is 0 Å².